The van der Waals surface area contributed by atoms with Crippen LogP contribution in [0.5, 0.6) is 5.75 Å². The molecule has 1 aliphatic heterocycles. The number of benzene rings is 2. The van der Waals surface area contributed by atoms with Crippen LogP contribution in [0.1, 0.15) is 50.4 Å². The molecule has 2 aromatic carbocycles. The number of aliphatic hydroxyl groups excluding tert-OH is 1. The maximum absolute atomic E-state index is 13.1. The van der Waals surface area contributed by atoms with Crippen LogP contribution >= 0.6 is 11.6 Å². The third kappa shape index (κ3) is 5.07. The van der Waals surface area contributed by atoms with Gasteiger partial charge in [-0.15, -0.1) is 0 Å². The SMILES string of the molecule is CCOc1ccc(/C(O)=C2/C(=O)C(=O)N(CCOC)C2c2ccc(C(C)(C)C)cc2)cc1Cl. The zero-order valence-corrected chi connectivity index (χ0v) is 20.4. The zero-order chi connectivity index (χ0) is 24.3. The molecular weight excluding hydrogens is 442 g/mol. The Labute approximate surface area is 199 Å². The van der Waals surface area contributed by atoms with E-state index in [9.17, 15) is 14.7 Å². The van der Waals surface area contributed by atoms with Gasteiger partial charge in [-0.3, -0.25) is 9.59 Å². The van der Waals surface area contributed by atoms with Gasteiger partial charge in [-0.05, 0) is 41.7 Å². The highest BCUT2D eigenvalue weighted by atomic mass is 35.5. The van der Waals surface area contributed by atoms with Gasteiger partial charge in [0.05, 0.1) is 29.9 Å². The lowest BCUT2D eigenvalue weighted by Crippen LogP contribution is -2.32. The molecule has 0 aliphatic carbocycles. The van der Waals surface area contributed by atoms with Gasteiger partial charge in [-0.25, -0.2) is 0 Å². The number of ether oxygens (including phenoxy) is 2. The van der Waals surface area contributed by atoms with Gasteiger partial charge in [0.2, 0.25) is 0 Å². The van der Waals surface area contributed by atoms with Crippen LogP contribution in [-0.4, -0.2) is 48.6 Å². The minimum atomic E-state index is -0.737. The van der Waals surface area contributed by atoms with Crippen molar-refractivity contribution in [1.82, 2.24) is 4.90 Å². The standard InChI is InChI=1S/C26H30ClNO5/c1-6-33-20-12-9-17(15-19(20)27)23(29)21-22(28(13-14-32-5)25(31)24(21)30)16-7-10-18(11-8-16)26(2,3)4/h7-12,15,22,29H,6,13-14H2,1-5H3/b23-21-. The molecule has 1 atom stereocenters. The van der Waals surface area contributed by atoms with E-state index >= 15 is 0 Å². The van der Waals surface area contributed by atoms with Crippen molar-refractivity contribution in [2.24, 2.45) is 0 Å². The van der Waals surface area contributed by atoms with E-state index in [-0.39, 0.29) is 29.9 Å². The normalized spacial score (nSPS) is 18.1. The molecule has 1 aliphatic rings. The Balaban J connectivity index is 2.13. The maximum atomic E-state index is 13.1. The molecule has 0 aromatic heterocycles. The molecule has 33 heavy (non-hydrogen) atoms. The minimum absolute atomic E-state index is 0.0276. The summed E-state index contributed by atoms with van der Waals surface area (Å²) in [6.45, 7) is 9.11. The highest BCUT2D eigenvalue weighted by Gasteiger charge is 2.46. The molecule has 0 saturated carbocycles. The van der Waals surface area contributed by atoms with Gasteiger partial charge in [-0.1, -0.05) is 56.6 Å². The van der Waals surface area contributed by atoms with Crippen LogP contribution < -0.4 is 4.74 Å². The van der Waals surface area contributed by atoms with Crippen molar-refractivity contribution in [3.05, 3.63) is 69.8 Å². The Hall–Kier alpha value is -2.83. The molecule has 0 spiro atoms. The van der Waals surface area contributed by atoms with Crippen molar-refractivity contribution in [2.45, 2.75) is 39.2 Å². The average Bonchev–Trinajstić information content (AvgIpc) is 3.03. The topological polar surface area (TPSA) is 76.1 Å². The number of hydrogen-bond acceptors (Lipinski definition) is 5. The summed E-state index contributed by atoms with van der Waals surface area (Å²) in [5.74, 6) is -1.21. The number of halogens is 1. The van der Waals surface area contributed by atoms with E-state index in [0.29, 0.717) is 22.9 Å². The summed E-state index contributed by atoms with van der Waals surface area (Å²) in [4.78, 5) is 27.4. The largest absolute Gasteiger partial charge is 0.507 e. The number of carbonyl (C=O) groups excluding carboxylic acids is 2. The van der Waals surface area contributed by atoms with Crippen molar-refractivity contribution in [3.63, 3.8) is 0 Å². The summed E-state index contributed by atoms with van der Waals surface area (Å²) in [5.41, 5.74) is 2.18. The van der Waals surface area contributed by atoms with Crippen molar-refractivity contribution in [1.29, 1.82) is 0 Å². The average molecular weight is 472 g/mol. The second kappa shape index (κ2) is 9.98. The van der Waals surface area contributed by atoms with E-state index in [0.717, 1.165) is 11.1 Å². The minimum Gasteiger partial charge on any atom is -0.507 e. The predicted molar refractivity (Wildman–Crippen MR) is 129 cm³/mol. The molecule has 0 bridgehead atoms. The lowest BCUT2D eigenvalue weighted by molar-refractivity contribution is -0.140. The van der Waals surface area contributed by atoms with Crippen molar-refractivity contribution >= 4 is 29.1 Å². The molecule has 1 heterocycles. The smallest absolute Gasteiger partial charge is 0.295 e. The van der Waals surface area contributed by atoms with E-state index in [2.05, 4.69) is 20.8 Å². The van der Waals surface area contributed by atoms with Gasteiger partial charge in [0.15, 0.2) is 0 Å². The van der Waals surface area contributed by atoms with Crippen LogP contribution in [0, 0.1) is 0 Å². The molecule has 1 saturated heterocycles. The molecular formula is C26H30ClNO5. The number of Topliss-reactive ketones (excluding diaryl/α,β-unsaturated/α-hetero) is 1. The van der Waals surface area contributed by atoms with E-state index in [1.807, 2.05) is 31.2 Å². The van der Waals surface area contributed by atoms with Crippen LogP contribution in [0.25, 0.3) is 5.76 Å². The molecule has 1 unspecified atom stereocenters. The lowest BCUT2D eigenvalue weighted by Gasteiger charge is -2.26. The molecule has 176 valence electrons. The van der Waals surface area contributed by atoms with Gasteiger partial charge in [0.1, 0.15) is 11.5 Å². The van der Waals surface area contributed by atoms with E-state index in [4.69, 9.17) is 21.1 Å². The highest BCUT2D eigenvalue weighted by molar-refractivity contribution is 6.46. The van der Waals surface area contributed by atoms with Gasteiger partial charge >= 0.3 is 0 Å². The fourth-order valence-electron chi connectivity index (χ4n) is 3.89. The second-order valence-electron chi connectivity index (χ2n) is 8.94. The summed E-state index contributed by atoms with van der Waals surface area (Å²) in [6.07, 6.45) is 0. The third-order valence-electron chi connectivity index (χ3n) is 5.67. The molecule has 3 rings (SSSR count). The number of nitrogens with zero attached hydrogens (tertiary/aromatic N) is 1. The Morgan fingerprint density at radius 3 is 2.33 bits per heavy atom. The summed E-state index contributed by atoms with van der Waals surface area (Å²) in [6, 6.07) is 11.8. The van der Waals surface area contributed by atoms with Crippen LogP contribution in [-0.2, 0) is 19.7 Å². The highest BCUT2D eigenvalue weighted by Crippen LogP contribution is 2.40. The van der Waals surface area contributed by atoms with E-state index < -0.39 is 17.7 Å². The Morgan fingerprint density at radius 2 is 1.79 bits per heavy atom. The molecule has 2 aromatic rings. The summed E-state index contributed by atoms with van der Waals surface area (Å²) < 4.78 is 10.6. The summed E-state index contributed by atoms with van der Waals surface area (Å²) in [7, 11) is 1.53. The maximum Gasteiger partial charge on any atom is 0.295 e. The van der Waals surface area contributed by atoms with Gasteiger partial charge < -0.3 is 19.5 Å². The van der Waals surface area contributed by atoms with Crippen LogP contribution in [0.4, 0.5) is 0 Å². The van der Waals surface area contributed by atoms with E-state index in [1.165, 1.54) is 18.1 Å². The number of likely N-dealkylation sites (tertiary alicyclic amines) is 1. The first-order chi connectivity index (χ1) is 15.6. The number of amides is 1. The fraction of sp³-hybridized carbons (Fsp3) is 0.385. The van der Waals surface area contributed by atoms with Crippen LogP contribution in [0.3, 0.4) is 0 Å². The lowest BCUT2D eigenvalue weighted by atomic mass is 9.85. The fourth-order valence-corrected chi connectivity index (χ4v) is 4.12. The number of rotatable bonds is 7. The third-order valence-corrected chi connectivity index (χ3v) is 5.97. The molecule has 0 radical (unpaired) electrons. The predicted octanol–water partition coefficient (Wildman–Crippen LogP) is 5.10. The number of methoxy groups -OCH3 is 1. The van der Waals surface area contributed by atoms with Crippen LogP contribution in [0.15, 0.2) is 48.0 Å². The van der Waals surface area contributed by atoms with E-state index in [1.54, 1.807) is 12.1 Å². The summed E-state index contributed by atoms with van der Waals surface area (Å²) >= 11 is 6.30. The number of ketones is 1. The first-order valence-corrected chi connectivity index (χ1v) is 11.3. The first kappa shape index (κ1) is 24.8. The first-order valence-electron chi connectivity index (χ1n) is 10.9. The number of carbonyl (C=O) groups is 2. The molecule has 1 amide bonds. The molecule has 6 nitrogen and oxygen atoms in total. The monoisotopic (exact) mass is 471 g/mol. The van der Waals surface area contributed by atoms with Gasteiger partial charge in [0, 0.05) is 19.2 Å². The molecule has 1 N–H and O–H groups in total. The number of aliphatic hydroxyl groups is 1. The Bertz CT molecular complexity index is 1070. The summed E-state index contributed by atoms with van der Waals surface area (Å²) in [5, 5.41) is 11.5. The van der Waals surface area contributed by atoms with Crippen molar-refractivity contribution in [3.8, 4) is 5.75 Å². The van der Waals surface area contributed by atoms with Crippen molar-refractivity contribution in [2.75, 3.05) is 26.9 Å². The van der Waals surface area contributed by atoms with Crippen LogP contribution in [0.2, 0.25) is 5.02 Å². The zero-order valence-electron chi connectivity index (χ0n) is 19.6. The molecule has 1 fully saturated rings. The second-order valence-corrected chi connectivity index (χ2v) is 9.34. The van der Waals surface area contributed by atoms with Crippen molar-refractivity contribution < 1.29 is 24.2 Å². The van der Waals surface area contributed by atoms with Gasteiger partial charge in [-0.2, -0.15) is 0 Å². The Kier molecular flexibility index (Phi) is 7.50. The number of hydrogen-bond donors (Lipinski definition) is 1. The molecule has 7 heteroatoms. The van der Waals surface area contributed by atoms with Gasteiger partial charge in [0.25, 0.3) is 11.7 Å². The Morgan fingerprint density at radius 1 is 1.12 bits per heavy atom. The quantitative estimate of drug-likeness (QED) is 0.345.